The number of benzene rings is 3. The van der Waals surface area contributed by atoms with E-state index in [0.29, 0.717) is 0 Å². The monoisotopic (exact) mass is 448 g/mol. The molecule has 0 saturated heterocycles. The van der Waals surface area contributed by atoms with E-state index in [9.17, 15) is 9.59 Å². The van der Waals surface area contributed by atoms with Crippen LogP contribution in [0.1, 0.15) is 17.5 Å². The van der Waals surface area contributed by atoms with Crippen LogP contribution in [-0.4, -0.2) is 23.1 Å². The second-order valence-electron chi connectivity index (χ2n) is 6.96. The molecular weight excluding hydrogens is 424 g/mol. The van der Waals surface area contributed by atoms with Crippen LogP contribution >= 0.6 is 12.2 Å². The summed E-state index contributed by atoms with van der Waals surface area (Å²) in [6.07, 6.45) is -0.225. The van der Waals surface area contributed by atoms with Gasteiger partial charge in [-0.25, -0.2) is 4.79 Å². The lowest BCUT2D eigenvalue weighted by atomic mass is 10.2. The van der Waals surface area contributed by atoms with Gasteiger partial charge in [0.2, 0.25) is 0 Å². The number of nitrogens with one attached hydrogen (secondary N) is 2. The Labute approximate surface area is 192 Å². The number of anilines is 1. The van der Waals surface area contributed by atoms with Crippen molar-refractivity contribution in [2.24, 2.45) is 0 Å². The van der Waals surface area contributed by atoms with E-state index in [1.165, 1.54) is 0 Å². The summed E-state index contributed by atoms with van der Waals surface area (Å²) < 4.78 is 10.7. The summed E-state index contributed by atoms with van der Waals surface area (Å²) in [6, 6.07) is 26.9. The van der Waals surface area contributed by atoms with E-state index in [4.69, 9.17) is 21.7 Å². The number of esters is 2. The maximum absolute atomic E-state index is 12.7. The Bertz CT molecular complexity index is 1010. The van der Waals surface area contributed by atoms with Gasteiger partial charge in [-0.05, 0) is 35.5 Å². The van der Waals surface area contributed by atoms with Gasteiger partial charge in [0.1, 0.15) is 19.3 Å². The van der Waals surface area contributed by atoms with Crippen molar-refractivity contribution >= 4 is 35.0 Å². The van der Waals surface area contributed by atoms with Crippen molar-refractivity contribution in [2.75, 3.05) is 5.32 Å². The number of thiocarbonyl (C=S) groups is 1. The molecular formula is C25H24N2O4S. The molecule has 0 aliphatic heterocycles. The fourth-order valence-corrected chi connectivity index (χ4v) is 3.09. The van der Waals surface area contributed by atoms with E-state index in [0.717, 1.165) is 16.8 Å². The number of para-hydroxylation sites is 1. The van der Waals surface area contributed by atoms with Crippen molar-refractivity contribution in [3.8, 4) is 0 Å². The first kappa shape index (κ1) is 23.0. The van der Waals surface area contributed by atoms with Crippen molar-refractivity contribution in [3.05, 3.63) is 102 Å². The molecule has 1 atom stereocenters. The third-order valence-corrected chi connectivity index (χ3v) is 4.68. The lowest BCUT2D eigenvalue weighted by Crippen LogP contribution is -2.45. The highest BCUT2D eigenvalue weighted by atomic mass is 32.1. The molecule has 0 radical (unpaired) electrons. The summed E-state index contributed by atoms with van der Waals surface area (Å²) >= 11 is 5.32. The van der Waals surface area contributed by atoms with E-state index in [1.54, 1.807) is 0 Å². The fraction of sp³-hybridized carbons (Fsp3) is 0.160. The van der Waals surface area contributed by atoms with Gasteiger partial charge in [0.25, 0.3) is 0 Å². The molecule has 0 spiro atoms. The zero-order valence-corrected chi connectivity index (χ0v) is 18.2. The van der Waals surface area contributed by atoms with E-state index in [-0.39, 0.29) is 24.7 Å². The summed E-state index contributed by atoms with van der Waals surface area (Å²) in [4.78, 5) is 25.1. The first-order valence-electron chi connectivity index (χ1n) is 10.1. The Kier molecular flexibility index (Phi) is 8.77. The molecule has 7 heteroatoms. The topological polar surface area (TPSA) is 76.7 Å². The molecule has 0 aliphatic rings. The fourth-order valence-electron chi connectivity index (χ4n) is 2.83. The van der Waals surface area contributed by atoms with Crippen molar-refractivity contribution in [2.45, 2.75) is 25.7 Å². The first-order valence-corrected chi connectivity index (χ1v) is 10.5. The number of hydrogen-bond acceptors (Lipinski definition) is 5. The van der Waals surface area contributed by atoms with Crippen LogP contribution in [0, 0.1) is 0 Å². The molecule has 0 fully saturated rings. The van der Waals surface area contributed by atoms with E-state index < -0.39 is 18.0 Å². The van der Waals surface area contributed by atoms with Crippen molar-refractivity contribution in [1.82, 2.24) is 5.32 Å². The third-order valence-electron chi connectivity index (χ3n) is 4.46. The molecule has 32 heavy (non-hydrogen) atoms. The number of hydrogen-bond donors (Lipinski definition) is 2. The molecule has 0 heterocycles. The minimum atomic E-state index is -0.995. The summed E-state index contributed by atoms with van der Waals surface area (Å²) in [7, 11) is 0. The zero-order chi connectivity index (χ0) is 22.6. The maximum Gasteiger partial charge on any atom is 0.329 e. The Morgan fingerprint density at radius 1 is 0.750 bits per heavy atom. The molecule has 6 nitrogen and oxygen atoms in total. The molecule has 3 aromatic rings. The number of ether oxygens (including phenoxy) is 2. The predicted octanol–water partition coefficient (Wildman–Crippen LogP) is 4.22. The highest BCUT2D eigenvalue weighted by molar-refractivity contribution is 7.80. The molecule has 0 amide bonds. The van der Waals surface area contributed by atoms with Gasteiger partial charge in [0.15, 0.2) is 5.11 Å². The van der Waals surface area contributed by atoms with Gasteiger partial charge in [0, 0.05) is 5.69 Å². The van der Waals surface area contributed by atoms with Gasteiger partial charge in [-0.1, -0.05) is 78.9 Å². The number of rotatable bonds is 9. The molecule has 3 aromatic carbocycles. The summed E-state index contributed by atoms with van der Waals surface area (Å²) in [5.41, 5.74) is 2.46. The van der Waals surface area contributed by atoms with Gasteiger partial charge < -0.3 is 20.1 Å². The molecule has 0 saturated carbocycles. The van der Waals surface area contributed by atoms with Crippen LogP contribution in [-0.2, 0) is 32.3 Å². The van der Waals surface area contributed by atoms with Crippen LogP contribution in [0.3, 0.4) is 0 Å². The highest BCUT2D eigenvalue weighted by Crippen LogP contribution is 2.09. The summed E-state index contributed by atoms with van der Waals surface area (Å²) in [6.45, 7) is 0.216. The SMILES string of the molecule is O=C(C[C@@H](NC(=S)Nc1ccccc1)C(=O)OCc1ccccc1)OCc1ccccc1. The van der Waals surface area contributed by atoms with Crippen LogP contribution in [0.15, 0.2) is 91.0 Å². The average Bonchev–Trinajstić information content (AvgIpc) is 2.83. The minimum Gasteiger partial charge on any atom is -0.461 e. The summed E-state index contributed by atoms with van der Waals surface area (Å²) in [5, 5.41) is 6.07. The molecule has 0 unspecified atom stereocenters. The van der Waals surface area contributed by atoms with Crippen LogP contribution in [0.25, 0.3) is 0 Å². The zero-order valence-electron chi connectivity index (χ0n) is 17.4. The van der Waals surface area contributed by atoms with Gasteiger partial charge in [-0.15, -0.1) is 0 Å². The van der Waals surface area contributed by atoms with Gasteiger partial charge in [-0.2, -0.15) is 0 Å². The second-order valence-corrected chi connectivity index (χ2v) is 7.37. The second kappa shape index (κ2) is 12.2. The first-order chi connectivity index (χ1) is 15.6. The van der Waals surface area contributed by atoms with E-state index in [2.05, 4.69) is 10.6 Å². The standard InChI is InChI=1S/C25H24N2O4S/c28-23(30-17-19-10-4-1-5-11-19)16-22(24(29)31-18-20-12-6-2-7-13-20)27-25(32)26-21-14-8-3-9-15-21/h1-15,22H,16-18H2,(H2,26,27,32)/t22-/m1/s1. The molecule has 0 aromatic heterocycles. The Morgan fingerprint density at radius 3 is 1.81 bits per heavy atom. The molecule has 0 bridgehead atoms. The molecule has 164 valence electrons. The number of carbonyl (C=O) groups excluding carboxylic acids is 2. The quantitative estimate of drug-likeness (QED) is 0.375. The van der Waals surface area contributed by atoms with Gasteiger partial charge in [-0.3, -0.25) is 4.79 Å². The predicted molar refractivity (Wildman–Crippen MR) is 127 cm³/mol. The Hall–Kier alpha value is -3.71. The van der Waals surface area contributed by atoms with E-state index in [1.807, 2.05) is 91.0 Å². The lowest BCUT2D eigenvalue weighted by Gasteiger charge is -2.19. The average molecular weight is 449 g/mol. The smallest absolute Gasteiger partial charge is 0.329 e. The number of carbonyl (C=O) groups is 2. The molecule has 0 aliphatic carbocycles. The molecule has 3 rings (SSSR count). The lowest BCUT2D eigenvalue weighted by molar-refractivity contribution is -0.153. The van der Waals surface area contributed by atoms with Crippen LogP contribution in [0.4, 0.5) is 5.69 Å². The maximum atomic E-state index is 12.7. The highest BCUT2D eigenvalue weighted by Gasteiger charge is 2.25. The Balaban J connectivity index is 1.60. The summed E-state index contributed by atoms with van der Waals surface area (Å²) in [5.74, 6) is -1.13. The van der Waals surface area contributed by atoms with Gasteiger partial charge >= 0.3 is 11.9 Å². The van der Waals surface area contributed by atoms with Crippen LogP contribution in [0.5, 0.6) is 0 Å². The minimum absolute atomic E-state index is 0.0930. The Morgan fingerprint density at radius 2 is 1.25 bits per heavy atom. The van der Waals surface area contributed by atoms with Crippen molar-refractivity contribution in [3.63, 3.8) is 0 Å². The van der Waals surface area contributed by atoms with Gasteiger partial charge in [0.05, 0.1) is 6.42 Å². The van der Waals surface area contributed by atoms with Crippen molar-refractivity contribution < 1.29 is 19.1 Å². The molecule has 2 N–H and O–H groups in total. The van der Waals surface area contributed by atoms with Crippen LogP contribution in [0.2, 0.25) is 0 Å². The normalized spacial score (nSPS) is 11.1. The van der Waals surface area contributed by atoms with E-state index >= 15 is 0 Å². The van der Waals surface area contributed by atoms with Crippen LogP contribution < -0.4 is 10.6 Å². The van der Waals surface area contributed by atoms with Crippen molar-refractivity contribution in [1.29, 1.82) is 0 Å². The third kappa shape index (κ3) is 7.85. The largest absolute Gasteiger partial charge is 0.461 e.